The van der Waals surface area contributed by atoms with Gasteiger partial charge in [0.05, 0.1) is 24.4 Å². The molecule has 0 atom stereocenters. The molecular weight excluding hydrogens is 390 g/mol. The van der Waals surface area contributed by atoms with Crippen molar-refractivity contribution in [1.29, 1.82) is 0 Å². The summed E-state index contributed by atoms with van der Waals surface area (Å²) in [5.41, 5.74) is 0.659. The van der Waals surface area contributed by atoms with Gasteiger partial charge in [-0.2, -0.15) is 0 Å². The molecule has 1 fully saturated rings. The highest BCUT2D eigenvalue weighted by atomic mass is 35.5. The fraction of sp³-hybridized carbons (Fsp3) is 0.455. The molecule has 1 aromatic heterocycles. The Hall–Kier alpha value is -2.47. The van der Waals surface area contributed by atoms with Gasteiger partial charge in [-0.15, -0.1) is 0 Å². The van der Waals surface area contributed by atoms with Crippen LogP contribution in [0, 0.1) is 5.92 Å². The van der Waals surface area contributed by atoms with Crippen molar-refractivity contribution in [3.05, 3.63) is 41.6 Å². The first-order chi connectivity index (χ1) is 14.1. The van der Waals surface area contributed by atoms with E-state index in [2.05, 4.69) is 22.1 Å². The van der Waals surface area contributed by atoms with E-state index in [9.17, 15) is 4.79 Å². The second kappa shape index (κ2) is 10.3. The Balaban J connectivity index is 1.60. The standard InChI is InChI=1S/C22H28ClN3O3/c1-3-4-13-29-20-7-6-18(28-2)14-19(20)25-22(27)16-9-11-26(12-10-16)21-8-5-17(23)15-24-21/h5-8,14-16H,3-4,9-13H2,1-2H3,(H,25,27). The van der Waals surface area contributed by atoms with Crippen molar-refractivity contribution in [1.82, 2.24) is 4.98 Å². The molecule has 7 heteroatoms. The number of ether oxygens (including phenoxy) is 2. The molecule has 156 valence electrons. The average molecular weight is 418 g/mol. The highest BCUT2D eigenvalue weighted by Gasteiger charge is 2.26. The molecule has 0 radical (unpaired) electrons. The minimum atomic E-state index is -0.0479. The predicted molar refractivity (Wildman–Crippen MR) is 116 cm³/mol. The van der Waals surface area contributed by atoms with Crippen molar-refractivity contribution >= 4 is 29.0 Å². The number of piperidine rings is 1. The van der Waals surface area contributed by atoms with Crippen LogP contribution in [-0.4, -0.2) is 37.7 Å². The molecule has 0 saturated carbocycles. The maximum Gasteiger partial charge on any atom is 0.227 e. The molecule has 29 heavy (non-hydrogen) atoms. The van der Waals surface area contributed by atoms with Gasteiger partial charge in [0, 0.05) is 31.3 Å². The third-order valence-corrected chi connectivity index (χ3v) is 5.33. The van der Waals surface area contributed by atoms with Crippen LogP contribution in [0.4, 0.5) is 11.5 Å². The molecule has 2 heterocycles. The number of carbonyl (C=O) groups excluding carboxylic acids is 1. The van der Waals surface area contributed by atoms with Gasteiger partial charge >= 0.3 is 0 Å². The van der Waals surface area contributed by atoms with Gasteiger partial charge in [0.1, 0.15) is 17.3 Å². The molecule has 1 N–H and O–H groups in total. The van der Waals surface area contributed by atoms with Crippen LogP contribution in [-0.2, 0) is 4.79 Å². The van der Waals surface area contributed by atoms with Crippen LogP contribution in [0.25, 0.3) is 0 Å². The molecule has 1 aromatic carbocycles. The number of carbonyl (C=O) groups is 1. The lowest BCUT2D eigenvalue weighted by Crippen LogP contribution is -2.38. The molecular formula is C22H28ClN3O3. The summed E-state index contributed by atoms with van der Waals surface area (Å²) in [5.74, 6) is 2.23. The lowest BCUT2D eigenvalue weighted by Gasteiger charge is -2.32. The van der Waals surface area contributed by atoms with Crippen LogP contribution in [0.2, 0.25) is 5.02 Å². The van der Waals surface area contributed by atoms with E-state index in [1.165, 1.54) is 0 Å². The van der Waals surface area contributed by atoms with Crippen molar-refractivity contribution in [2.75, 3.05) is 37.0 Å². The second-order valence-electron chi connectivity index (χ2n) is 7.15. The first kappa shape index (κ1) is 21.2. The van der Waals surface area contributed by atoms with Gasteiger partial charge in [-0.3, -0.25) is 4.79 Å². The normalized spacial score (nSPS) is 14.5. The van der Waals surface area contributed by atoms with Crippen LogP contribution in [0.15, 0.2) is 36.5 Å². The van der Waals surface area contributed by atoms with Gasteiger partial charge in [0.2, 0.25) is 5.91 Å². The number of amides is 1. The molecule has 0 aliphatic carbocycles. The molecule has 0 unspecified atom stereocenters. The van der Waals surface area contributed by atoms with Gasteiger partial charge in [-0.05, 0) is 43.5 Å². The van der Waals surface area contributed by atoms with E-state index in [-0.39, 0.29) is 11.8 Å². The number of methoxy groups -OCH3 is 1. The van der Waals surface area contributed by atoms with Gasteiger partial charge in [-0.25, -0.2) is 4.98 Å². The summed E-state index contributed by atoms with van der Waals surface area (Å²) < 4.78 is 11.2. The highest BCUT2D eigenvalue weighted by Crippen LogP contribution is 2.31. The summed E-state index contributed by atoms with van der Waals surface area (Å²) in [5, 5.41) is 3.67. The number of aromatic nitrogens is 1. The van der Waals surface area contributed by atoms with Gasteiger partial charge in [0.25, 0.3) is 0 Å². The molecule has 0 spiro atoms. The summed E-state index contributed by atoms with van der Waals surface area (Å²) >= 11 is 5.91. The number of unbranched alkanes of at least 4 members (excludes halogenated alkanes) is 1. The van der Waals surface area contributed by atoms with Crippen LogP contribution in [0.5, 0.6) is 11.5 Å². The minimum Gasteiger partial charge on any atom is -0.497 e. The molecule has 1 saturated heterocycles. The average Bonchev–Trinajstić information content (AvgIpc) is 2.75. The molecule has 3 rings (SSSR count). The lowest BCUT2D eigenvalue weighted by molar-refractivity contribution is -0.120. The molecule has 6 nitrogen and oxygen atoms in total. The maximum atomic E-state index is 12.9. The van der Waals surface area contributed by atoms with Gasteiger partial charge in [-0.1, -0.05) is 24.9 Å². The zero-order chi connectivity index (χ0) is 20.6. The second-order valence-corrected chi connectivity index (χ2v) is 7.59. The van der Waals surface area contributed by atoms with Crippen molar-refractivity contribution in [3.63, 3.8) is 0 Å². The molecule has 1 aliphatic rings. The fourth-order valence-corrected chi connectivity index (χ4v) is 3.46. The van der Waals surface area contributed by atoms with E-state index in [1.807, 2.05) is 30.3 Å². The number of hydrogen-bond donors (Lipinski definition) is 1. The molecule has 1 aliphatic heterocycles. The number of nitrogens with one attached hydrogen (secondary N) is 1. The molecule has 0 bridgehead atoms. The summed E-state index contributed by atoms with van der Waals surface area (Å²) in [6.07, 6.45) is 5.21. The van der Waals surface area contributed by atoms with Crippen LogP contribution < -0.4 is 19.7 Å². The largest absolute Gasteiger partial charge is 0.497 e. The van der Waals surface area contributed by atoms with E-state index in [0.29, 0.717) is 28.8 Å². The number of nitrogens with zero attached hydrogens (tertiary/aromatic N) is 2. The first-order valence-electron chi connectivity index (χ1n) is 10.1. The number of anilines is 2. The van der Waals surface area contributed by atoms with E-state index in [1.54, 1.807) is 13.3 Å². The zero-order valence-electron chi connectivity index (χ0n) is 17.0. The first-order valence-corrected chi connectivity index (χ1v) is 10.5. The van der Waals surface area contributed by atoms with E-state index >= 15 is 0 Å². The number of pyridine rings is 1. The van der Waals surface area contributed by atoms with Crippen molar-refractivity contribution < 1.29 is 14.3 Å². The van der Waals surface area contributed by atoms with Crippen LogP contribution >= 0.6 is 11.6 Å². The fourth-order valence-electron chi connectivity index (χ4n) is 3.35. The van der Waals surface area contributed by atoms with Crippen molar-refractivity contribution in [2.45, 2.75) is 32.6 Å². The van der Waals surface area contributed by atoms with Crippen LogP contribution in [0.1, 0.15) is 32.6 Å². The SMILES string of the molecule is CCCCOc1ccc(OC)cc1NC(=O)C1CCN(c2ccc(Cl)cn2)CC1. The van der Waals surface area contributed by atoms with E-state index in [4.69, 9.17) is 21.1 Å². The summed E-state index contributed by atoms with van der Waals surface area (Å²) in [4.78, 5) is 19.4. The molecule has 2 aromatic rings. The summed E-state index contributed by atoms with van der Waals surface area (Å²) in [7, 11) is 1.61. The number of hydrogen-bond acceptors (Lipinski definition) is 5. The Labute approximate surface area is 177 Å². The predicted octanol–water partition coefficient (Wildman–Crippen LogP) is 4.78. The van der Waals surface area contributed by atoms with Gasteiger partial charge < -0.3 is 19.7 Å². The smallest absolute Gasteiger partial charge is 0.227 e. The Morgan fingerprint density at radius 3 is 2.72 bits per heavy atom. The molecule has 1 amide bonds. The minimum absolute atomic E-state index is 0.0160. The number of benzene rings is 1. The highest BCUT2D eigenvalue weighted by molar-refractivity contribution is 6.30. The summed E-state index contributed by atoms with van der Waals surface area (Å²) in [6, 6.07) is 9.25. The zero-order valence-corrected chi connectivity index (χ0v) is 17.7. The van der Waals surface area contributed by atoms with E-state index < -0.39 is 0 Å². The Morgan fingerprint density at radius 2 is 2.07 bits per heavy atom. The Kier molecular flexibility index (Phi) is 7.58. The third-order valence-electron chi connectivity index (χ3n) is 5.10. The van der Waals surface area contributed by atoms with Crippen molar-refractivity contribution in [3.8, 4) is 11.5 Å². The lowest BCUT2D eigenvalue weighted by atomic mass is 9.95. The quantitative estimate of drug-likeness (QED) is 0.626. The third kappa shape index (κ3) is 5.76. The maximum absolute atomic E-state index is 12.9. The number of halogens is 1. The monoisotopic (exact) mass is 417 g/mol. The Morgan fingerprint density at radius 1 is 1.28 bits per heavy atom. The Bertz CT molecular complexity index is 805. The topological polar surface area (TPSA) is 63.7 Å². The summed E-state index contributed by atoms with van der Waals surface area (Å²) in [6.45, 7) is 4.31. The van der Waals surface area contributed by atoms with E-state index in [0.717, 1.165) is 44.6 Å². The number of rotatable bonds is 8. The van der Waals surface area contributed by atoms with Crippen LogP contribution in [0.3, 0.4) is 0 Å². The van der Waals surface area contributed by atoms with Gasteiger partial charge in [0.15, 0.2) is 0 Å². The van der Waals surface area contributed by atoms with Crippen molar-refractivity contribution in [2.24, 2.45) is 5.92 Å².